The lowest BCUT2D eigenvalue weighted by Crippen LogP contribution is -2.30. The molecule has 27 heavy (non-hydrogen) atoms. The highest BCUT2D eigenvalue weighted by atomic mass is 16.6. The number of rotatable bonds is 5. The molecule has 0 unspecified atom stereocenters. The molecule has 4 rings (SSSR count). The molecule has 8 nitrogen and oxygen atoms in total. The Balaban J connectivity index is 1.60. The first-order valence-electron chi connectivity index (χ1n) is 8.61. The Labute approximate surface area is 154 Å². The number of amides is 1. The fourth-order valence-corrected chi connectivity index (χ4v) is 3.32. The molecular formula is C19H17N5O3. The third-order valence-electron chi connectivity index (χ3n) is 4.56. The Hall–Kier alpha value is -3.68. The zero-order valence-electron chi connectivity index (χ0n) is 14.4. The second-order valence-corrected chi connectivity index (χ2v) is 6.23. The summed E-state index contributed by atoms with van der Waals surface area (Å²) in [6.45, 7) is 0. The Morgan fingerprint density at radius 1 is 1.07 bits per heavy atom. The molecule has 1 aromatic heterocycles. The van der Waals surface area contributed by atoms with Gasteiger partial charge in [0.1, 0.15) is 5.69 Å². The lowest BCUT2D eigenvalue weighted by molar-refractivity contribution is -0.384. The van der Waals surface area contributed by atoms with Crippen molar-refractivity contribution in [1.29, 1.82) is 0 Å². The van der Waals surface area contributed by atoms with Gasteiger partial charge in [-0.25, -0.2) is 4.68 Å². The fourth-order valence-electron chi connectivity index (χ4n) is 3.32. The zero-order valence-corrected chi connectivity index (χ0v) is 14.4. The van der Waals surface area contributed by atoms with Gasteiger partial charge in [0.25, 0.3) is 11.6 Å². The van der Waals surface area contributed by atoms with Crippen molar-refractivity contribution in [2.75, 3.05) is 5.43 Å². The van der Waals surface area contributed by atoms with E-state index in [0.29, 0.717) is 5.69 Å². The van der Waals surface area contributed by atoms with E-state index in [-0.39, 0.29) is 11.4 Å². The van der Waals surface area contributed by atoms with Crippen LogP contribution in [0.3, 0.4) is 0 Å². The molecule has 8 heteroatoms. The van der Waals surface area contributed by atoms with E-state index < -0.39 is 10.8 Å². The second kappa shape index (κ2) is 6.91. The van der Waals surface area contributed by atoms with Gasteiger partial charge in [0.2, 0.25) is 0 Å². The molecule has 0 saturated carbocycles. The van der Waals surface area contributed by atoms with Crippen molar-refractivity contribution >= 4 is 17.3 Å². The highest BCUT2D eigenvalue weighted by molar-refractivity contribution is 5.95. The Bertz CT molecular complexity index is 1010. The fraction of sp³-hybridized carbons (Fsp3) is 0.158. The number of carbonyl (C=O) groups is 1. The van der Waals surface area contributed by atoms with Crippen LogP contribution in [0, 0.1) is 10.1 Å². The summed E-state index contributed by atoms with van der Waals surface area (Å²) in [5, 5.41) is 15.6. The van der Waals surface area contributed by atoms with Gasteiger partial charge in [-0.1, -0.05) is 30.3 Å². The number of nitrogens with one attached hydrogen (secondary N) is 2. The molecule has 0 radical (unpaired) electrons. The van der Waals surface area contributed by atoms with E-state index in [1.54, 1.807) is 12.1 Å². The predicted octanol–water partition coefficient (Wildman–Crippen LogP) is 3.03. The Kier molecular flexibility index (Phi) is 4.29. The van der Waals surface area contributed by atoms with Gasteiger partial charge >= 0.3 is 0 Å². The molecule has 2 N–H and O–H groups in total. The zero-order chi connectivity index (χ0) is 18.8. The van der Waals surface area contributed by atoms with Crippen molar-refractivity contribution in [2.24, 2.45) is 0 Å². The first-order chi connectivity index (χ1) is 13.1. The quantitative estimate of drug-likeness (QED) is 0.536. The van der Waals surface area contributed by atoms with Crippen molar-refractivity contribution in [3.63, 3.8) is 0 Å². The van der Waals surface area contributed by atoms with Crippen LogP contribution in [0.4, 0.5) is 11.4 Å². The van der Waals surface area contributed by atoms with Crippen LogP contribution in [-0.2, 0) is 12.8 Å². The number of hydrogen-bond donors (Lipinski definition) is 2. The number of hydrazine groups is 1. The van der Waals surface area contributed by atoms with Gasteiger partial charge < -0.3 is 0 Å². The summed E-state index contributed by atoms with van der Waals surface area (Å²) in [5.41, 5.74) is 8.50. The molecular weight excluding hydrogens is 346 g/mol. The third-order valence-corrected chi connectivity index (χ3v) is 4.56. The van der Waals surface area contributed by atoms with Gasteiger partial charge in [-0.05, 0) is 37.5 Å². The van der Waals surface area contributed by atoms with Crippen molar-refractivity contribution in [3.05, 3.63) is 81.7 Å². The van der Waals surface area contributed by atoms with Crippen LogP contribution in [0.25, 0.3) is 5.69 Å². The molecule has 0 bridgehead atoms. The summed E-state index contributed by atoms with van der Waals surface area (Å²) in [6, 6.07) is 15.8. The molecule has 0 saturated heterocycles. The summed E-state index contributed by atoms with van der Waals surface area (Å²) in [4.78, 5) is 23.3. The monoisotopic (exact) mass is 363 g/mol. The predicted molar refractivity (Wildman–Crippen MR) is 99.8 cm³/mol. The number of para-hydroxylation sites is 3. The largest absolute Gasteiger partial charge is 0.294 e. The Morgan fingerprint density at radius 3 is 2.59 bits per heavy atom. The van der Waals surface area contributed by atoms with Crippen LogP contribution in [-0.4, -0.2) is 20.6 Å². The van der Waals surface area contributed by atoms with Crippen LogP contribution in [0.1, 0.15) is 28.2 Å². The average Bonchev–Trinajstić information content (AvgIpc) is 3.29. The first kappa shape index (κ1) is 16.8. The second-order valence-electron chi connectivity index (χ2n) is 6.23. The van der Waals surface area contributed by atoms with Crippen molar-refractivity contribution in [3.8, 4) is 5.69 Å². The van der Waals surface area contributed by atoms with Crippen molar-refractivity contribution < 1.29 is 9.72 Å². The number of nitrogens with zero attached hydrogens (tertiary/aromatic N) is 3. The van der Waals surface area contributed by atoms with Gasteiger partial charge in [0.15, 0.2) is 5.69 Å². The molecule has 0 fully saturated rings. The minimum absolute atomic E-state index is 0.113. The number of fused-ring (bicyclic) bond motifs is 1. The van der Waals surface area contributed by atoms with Gasteiger partial charge in [-0.15, -0.1) is 0 Å². The number of hydrogen-bond acceptors (Lipinski definition) is 5. The summed E-state index contributed by atoms with van der Waals surface area (Å²) >= 11 is 0. The molecule has 2 aromatic carbocycles. The van der Waals surface area contributed by atoms with E-state index >= 15 is 0 Å². The minimum atomic E-state index is -0.504. The summed E-state index contributed by atoms with van der Waals surface area (Å²) in [6.07, 6.45) is 2.62. The third kappa shape index (κ3) is 3.12. The number of carbonyl (C=O) groups excluding carboxylic acids is 1. The molecule has 1 aliphatic rings. The lowest BCUT2D eigenvalue weighted by Gasteiger charge is -2.08. The SMILES string of the molecule is O=C(NNc1ccccc1[N+](=O)[O-])c1nn(-c2ccccc2)c2c1CCC2. The molecule has 1 heterocycles. The smallest absolute Gasteiger partial charge is 0.292 e. The topological polar surface area (TPSA) is 102 Å². The maximum absolute atomic E-state index is 12.7. The van der Waals surface area contributed by atoms with Crippen LogP contribution < -0.4 is 10.9 Å². The summed E-state index contributed by atoms with van der Waals surface area (Å²) in [7, 11) is 0. The van der Waals surface area contributed by atoms with Gasteiger partial charge in [0.05, 0.1) is 10.6 Å². The highest BCUT2D eigenvalue weighted by Gasteiger charge is 2.27. The lowest BCUT2D eigenvalue weighted by atomic mass is 10.2. The standard InChI is InChI=1S/C19H17N5O3/c25-19(21-20-15-10-4-5-11-17(15)24(26)27)18-14-9-6-12-16(14)23(22-18)13-7-2-1-3-8-13/h1-5,7-8,10-11,20H,6,9,12H2,(H,21,25). The molecule has 0 aliphatic heterocycles. The summed E-state index contributed by atoms with van der Waals surface area (Å²) in [5.74, 6) is -0.416. The summed E-state index contributed by atoms with van der Waals surface area (Å²) < 4.78 is 1.81. The van der Waals surface area contributed by atoms with Crippen molar-refractivity contribution in [2.45, 2.75) is 19.3 Å². The van der Waals surface area contributed by atoms with Gasteiger partial charge in [0, 0.05) is 17.3 Å². The van der Waals surface area contributed by atoms with Crippen molar-refractivity contribution in [1.82, 2.24) is 15.2 Å². The van der Waals surface area contributed by atoms with Gasteiger partial charge in [-0.3, -0.25) is 25.8 Å². The van der Waals surface area contributed by atoms with E-state index in [1.165, 1.54) is 12.1 Å². The number of aromatic nitrogens is 2. The molecule has 136 valence electrons. The number of benzene rings is 2. The molecule has 3 aromatic rings. The van der Waals surface area contributed by atoms with Gasteiger partial charge in [-0.2, -0.15) is 5.10 Å². The van der Waals surface area contributed by atoms with E-state index in [0.717, 1.165) is 36.2 Å². The normalized spacial score (nSPS) is 12.4. The minimum Gasteiger partial charge on any atom is -0.292 e. The molecule has 0 atom stereocenters. The van der Waals surface area contributed by atoms with Crippen LogP contribution in [0.15, 0.2) is 54.6 Å². The molecule has 0 spiro atoms. The number of nitro benzene ring substituents is 1. The van der Waals surface area contributed by atoms with E-state index in [1.807, 2.05) is 35.0 Å². The molecule has 1 aliphatic carbocycles. The highest BCUT2D eigenvalue weighted by Crippen LogP contribution is 2.28. The number of anilines is 1. The van der Waals surface area contributed by atoms with Crippen LogP contribution in [0.5, 0.6) is 0 Å². The molecule has 1 amide bonds. The van der Waals surface area contributed by atoms with Crippen LogP contribution in [0.2, 0.25) is 0 Å². The van der Waals surface area contributed by atoms with E-state index in [4.69, 9.17) is 0 Å². The number of nitro groups is 1. The first-order valence-corrected chi connectivity index (χ1v) is 8.61. The Morgan fingerprint density at radius 2 is 1.81 bits per heavy atom. The maximum Gasteiger partial charge on any atom is 0.294 e. The maximum atomic E-state index is 12.7. The average molecular weight is 363 g/mol. The van der Waals surface area contributed by atoms with E-state index in [2.05, 4.69) is 16.0 Å². The van der Waals surface area contributed by atoms with E-state index in [9.17, 15) is 14.9 Å². The van der Waals surface area contributed by atoms with Crippen LogP contribution >= 0.6 is 0 Å².